The third-order valence-electron chi connectivity index (χ3n) is 6.23. The van der Waals surface area contributed by atoms with E-state index >= 15 is 0 Å². The van der Waals surface area contributed by atoms with Crippen molar-refractivity contribution in [2.75, 3.05) is 0 Å². The number of esters is 1. The van der Waals surface area contributed by atoms with Gasteiger partial charge in [-0.3, -0.25) is 4.79 Å². The SMILES string of the molecule is CCCCCCCCCCCCCCCC(=O)Oc1c(CC)cc(O)c2cccc(O)c12. The molecule has 0 aromatic heterocycles. The second-order valence-corrected chi connectivity index (χ2v) is 8.90. The summed E-state index contributed by atoms with van der Waals surface area (Å²) >= 11 is 0. The molecule has 2 rings (SSSR count). The van der Waals surface area contributed by atoms with Crippen LogP contribution >= 0.6 is 0 Å². The molecule has 0 aliphatic carbocycles. The maximum atomic E-state index is 12.5. The van der Waals surface area contributed by atoms with E-state index in [-0.39, 0.29) is 17.5 Å². The van der Waals surface area contributed by atoms with E-state index in [1.165, 1.54) is 64.2 Å². The van der Waals surface area contributed by atoms with Crippen LogP contribution in [-0.4, -0.2) is 16.2 Å². The van der Waals surface area contributed by atoms with E-state index in [2.05, 4.69) is 6.92 Å². The van der Waals surface area contributed by atoms with Gasteiger partial charge in [-0.2, -0.15) is 0 Å². The van der Waals surface area contributed by atoms with Crippen LogP contribution in [-0.2, 0) is 11.2 Å². The van der Waals surface area contributed by atoms with Crippen molar-refractivity contribution < 1.29 is 19.7 Å². The third kappa shape index (κ3) is 8.37. The first-order valence-electron chi connectivity index (χ1n) is 12.8. The van der Waals surface area contributed by atoms with Crippen molar-refractivity contribution in [3.63, 3.8) is 0 Å². The molecule has 0 saturated heterocycles. The lowest BCUT2D eigenvalue weighted by Gasteiger charge is -2.14. The van der Waals surface area contributed by atoms with Gasteiger partial charge >= 0.3 is 5.97 Å². The number of aromatic hydroxyl groups is 2. The summed E-state index contributed by atoms with van der Waals surface area (Å²) in [4.78, 5) is 12.5. The molecule has 4 heteroatoms. The fourth-order valence-corrected chi connectivity index (χ4v) is 4.29. The van der Waals surface area contributed by atoms with Crippen molar-refractivity contribution in [1.82, 2.24) is 0 Å². The lowest BCUT2D eigenvalue weighted by atomic mass is 10.0. The molecular formula is C28H42O4. The van der Waals surface area contributed by atoms with Crippen molar-refractivity contribution in [2.45, 2.75) is 110 Å². The normalized spacial score (nSPS) is 11.2. The van der Waals surface area contributed by atoms with Crippen LogP contribution in [0, 0.1) is 0 Å². The summed E-state index contributed by atoms with van der Waals surface area (Å²) < 4.78 is 5.68. The molecule has 0 unspecified atom stereocenters. The first-order chi connectivity index (χ1) is 15.6. The van der Waals surface area contributed by atoms with Crippen LogP contribution in [0.4, 0.5) is 0 Å². The molecule has 0 saturated carbocycles. The molecule has 0 aliphatic rings. The molecule has 0 spiro atoms. The van der Waals surface area contributed by atoms with E-state index < -0.39 is 0 Å². The van der Waals surface area contributed by atoms with E-state index in [9.17, 15) is 15.0 Å². The number of ether oxygens (including phenoxy) is 1. The van der Waals surface area contributed by atoms with Gasteiger partial charge in [-0.25, -0.2) is 0 Å². The standard InChI is InChI=1S/C28H42O4/c1-3-5-6-7-8-9-10-11-12-13-14-15-16-20-26(31)32-28-22(4-2)21-25(30)23-18-17-19-24(29)27(23)28/h17-19,21,29-30H,3-16,20H2,1-2H3. The number of phenols is 2. The van der Waals surface area contributed by atoms with Crippen molar-refractivity contribution in [3.05, 3.63) is 29.8 Å². The number of carbonyl (C=O) groups is 1. The van der Waals surface area contributed by atoms with Crippen LogP contribution in [0.5, 0.6) is 17.2 Å². The summed E-state index contributed by atoms with van der Waals surface area (Å²) in [6.45, 7) is 4.19. The monoisotopic (exact) mass is 442 g/mol. The zero-order chi connectivity index (χ0) is 23.2. The number of aryl methyl sites for hydroxylation is 1. The number of phenolic OH excluding ortho intramolecular Hbond substituents is 2. The third-order valence-corrected chi connectivity index (χ3v) is 6.23. The molecule has 0 radical (unpaired) electrons. The van der Waals surface area contributed by atoms with Gasteiger partial charge in [0.25, 0.3) is 0 Å². The summed E-state index contributed by atoms with van der Waals surface area (Å²) in [7, 11) is 0. The fraction of sp³-hybridized carbons (Fsp3) is 0.607. The van der Waals surface area contributed by atoms with Gasteiger partial charge in [0.2, 0.25) is 0 Å². The van der Waals surface area contributed by atoms with Crippen LogP contribution in [0.1, 0.15) is 109 Å². The van der Waals surface area contributed by atoms with Crippen molar-refractivity contribution >= 4 is 16.7 Å². The molecule has 2 N–H and O–H groups in total. The minimum Gasteiger partial charge on any atom is -0.507 e. The average molecular weight is 443 g/mol. The number of hydrogen-bond acceptors (Lipinski definition) is 4. The maximum Gasteiger partial charge on any atom is 0.311 e. The largest absolute Gasteiger partial charge is 0.507 e. The molecule has 178 valence electrons. The predicted molar refractivity (Wildman–Crippen MR) is 133 cm³/mol. The Labute approximate surface area is 194 Å². The van der Waals surface area contributed by atoms with Gasteiger partial charge in [-0.05, 0) is 30.5 Å². The van der Waals surface area contributed by atoms with Crippen molar-refractivity contribution in [2.24, 2.45) is 0 Å². The van der Waals surface area contributed by atoms with E-state index in [1.807, 2.05) is 6.92 Å². The number of hydrogen-bond donors (Lipinski definition) is 2. The second kappa shape index (κ2) is 14.8. The minimum absolute atomic E-state index is 0.0110. The predicted octanol–water partition coefficient (Wildman–Crippen LogP) is 8.20. The molecular weight excluding hydrogens is 400 g/mol. The molecule has 0 atom stereocenters. The number of carbonyl (C=O) groups excluding carboxylic acids is 1. The van der Waals surface area contributed by atoms with Gasteiger partial charge in [0.1, 0.15) is 17.2 Å². The number of rotatable bonds is 16. The average Bonchev–Trinajstić information content (AvgIpc) is 2.78. The number of benzene rings is 2. The molecule has 32 heavy (non-hydrogen) atoms. The summed E-state index contributed by atoms with van der Waals surface area (Å²) in [5, 5.41) is 21.5. The van der Waals surface area contributed by atoms with Crippen LogP contribution in [0.3, 0.4) is 0 Å². The van der Waals surface area contributed by atoms with Crippen LogP contribution in [0.15, 0.2) is 24.3 Å². The number of unbranched alkanes of at least 4 members (excludes halogenated alkanes) is 12. The fourth-order valence-electron chi connectivity index (χ4n) is 4.29. The summed E-state index contributed by atoms with van der Waals surface area (Å²) in [5.41, 5.74) is 0.718. The molecule has 0 fully saturated rings. The van der Waals surface area contributed by atoms with Crippen molar-refractivity contribution in [1.29, 1.82) is 0 Å². The van der Waals surface area contributed by atoms with Crippen LogP contribution in [0.2, 0.25) is 0 Å². The lowest BCUT2D eigenvalue weighted by molar-refractivity contribution is -0.134. The van der Waals surface area contributed by atoms with E-state index in [0.717, 1.165) is 24.8 Å². The number of fused-ring (bicyclic) bond motifs is 1. The first-order valence-corrected chi connectivity index (χ1v) is 12.8. The highest BCUT2D eigenvalue weighted by molar-refractivity contribution is 5.99. The Hall–Kier alpha value is -2.23. The van der Waals surface area contributed by atoms with Crippen LogP contribution < -0.4 is 4.74 Å². The second-order valence-electron chi connectivity index (χ2n) is 8.90. The summed E-state index contributed by atoms with van der Waals surface area (Å²) in [6.07, 6.45) is 17.4. The summed E-state index contributed by atoms with van der Waals surface area (Å²) in [5.74, 6) is 0.192. The topological polar surface area (TPSA) is 66.8 Å². The Kier molecular flexibility index (Phi) is 12.0. The van der Waals surface area contributed by atoms with Gasteiger partial charge in [0.05, 0.1) is 5.39 Å². The van der Waals surface area contributed by atoms with E-state index in [4.69, 9.17) is 4.74 Å². The van der Waals surface area contributed by atoms with Gasteiger partial charge in [0, 0.05) is 11.8 Å². The maximum absolute atomic E-state index is 12.5. The van der Waals surface area contributed by atoms with Gasteiger partial charge in [-0.1, -0.05) is 103 Å². The molecule has 2 aromatic carbocycles. The zero-order valence-electron chi connectivity index (χ0n) is 20.1. The Morgan fingerprint density at radius 3 is 1.91 bits per heavy atom. The molecule has 0 amide bonds. The van der Waals surface area contributed by atoms with E-state index in [1.54, 1.807) is 24.3 Å². The van der Waals surface area contributed by atoms with E-state index in [0.29, 0.717) is 29.4 Å². The Bertz CT molecular complexity index is 828. The van der Waals surface area contributed by atoms with Crippen LogP contribution in [0.25, 0.3) is 10.8 Å². The van der Waals surface area contributed by atoms with Gasteiger partial charge in [-0.15, -0.1) is 0 Å². The van der Waals surface area contributed by atoms with Gasteiger partial charge < -0.3 is 14.9 Å². The molecule has 0 bridgehead atoms. The molecule has 0 aliphatic heterocycles. The highest BCUT2D eigenvalue weighted by atomic mass is 16.5. The minimum atomic E-state index is -0.280. The van der Waals surface area contributed by atoms with Gasteiger partial charge in [0.15, 0.2) is 0 Å². The molecule has 2 aromatic rings. The summed E-state index contributed by atoms with van der Waals surface area (Å²) in [6, 6.07) is 6.55. The Morgan fingerprint density at radius 2 is 1.34 bits per heavy atom. The smallest absolute Gasteiger partial charge is 0.311 e. The Balaban J connectivity index is 1.67. The van der Waals surface area contributed by atoms with Crippen molar-refractivity contribution in [3.8, 4) is 17.2 Å². The highest BCUT2D eigenvalue weighted by Crippen LogP contribution is 2.41. The zero-order valence-corrected chi connectivity index (χ0v) is 20.1. The quantitative estimate of drug-likeness (QED) is 0.156. The highest BCUT2D eigenvalue weighted by Gasteiger charge is 2.18. The lowest BCUT2D eigenvalue weighted by Crippen LogP contribution is -2.09. The molecule has 0 heterocycles. The first kappa shape index (κ1) is 26.0. The molecule has 4 nitrogen and oxygen atoms in total. The Morgan fingerprint density at radius 1 is 0.781 bits per heavy atom.